The SMILES string of the molecule is COC(=O)Cc1c(C)nc(N2CCCCC2)nc1C. The van der Waals surface area contributed by atoms with Crippen molar-refractivity contribution in [3.8, 4) is 0 Å². The number of carbonyl (C=O) groups is 1. The number of piperidine rings is 1. The maximum absolute atomic E-state index is 11.4. The van der Waals surface area contributed by atoms with Crippen molar-refractivity contribution < 1.29 is 9.53 Å². The average Bonchev–Trinajstić information content (AvgIpc) is 2.43. The largest absolute Gasteiger partial charge is 0.469 e. The molecule has 2 rings (SSSR count). The van der Waals surface area contributed by atoms with Gasteiger partial charge in [-0.15, -0.1) is 0 Å². The Labute approximate surface area is 114 Å². The van der Waals surface area contributed by atoms with E-state index in [0.29, 0.717) is 0 Å². The first-order valence-electron chi connectivity index (χ1n) is 6.77. The molecule has 1 aliphatic heterocycles. The van der Waals surface area contributed by atoms with Crippen molar-refractivity contribution >= 4 is 11.9 Å². The highest BCUT2D eigenvalue weighted by Gasteiger charge is 2.17. The number of esters is 1. The number of rotatable bonds is 3. The van der Waals surface area contributed by atoms with E-state index in [1.807, 2.05) is 13.8 Å². The first kappa shape index (κ1) is 13.8. The summed E-state index contributed by atoms with van der Waals surface area (Å²) in [6.07, 6.45) is 3.93. The minimum atomic E-state index is -0.250. The molecule has 0 aliphatic carbocycles. The van der Waals surface area contributed by atoms with Gasteiger partial charge in [0, 0.05) is 30.0 Å². The number of hydrogen-bond acceptors (Lipinski definition) is 5. The predicted molar refractivity (Wildman–Crippen MR) is 73.3 cm³/mol. The Kier molecular flexibility index (Phi) is 4.35. The molecule has 1 saturated heterocycles. The minimum absolute atomic E-state index is 0.244. The summed E-state index contributed by atoms with van der Waals surface area (Å²) in [5.41, 5.74) is 2.63. The zero-order valence-corrected chi connectivity index (χ0v) is 11.9. The van der Waals surface area contributed by atoms with E-state index in [1.165, 1.54) is 26.4 Å². The second-order valence-corrected chi connectivity index (χ2v) is 4.97. The van der Waals surface area contributed by atoms with Crippen LogP contribution in [-0.4, -0.2) is 36.1 Å². The summed E-state index contributed by atoms with van der Waals surface area (Å²) >= 11 is 0. The first-order valence-corrected chi connectivity index (χ1v) is 6.77. The van der Waals surface area contributed by atoms with Crippen molar-refractivity contribution in [1.82, 2.24) is 9.97 Å². The van der Waals surface area contributed by atoms with Crippen LogP contribution in [0.4, 0.5) is 5.95 Å². The number of anilines is 1. The van der Waals surface area contributed by atoms with E-state index in [-0.39, 0.29) is 12.4 Å². The lowest BCUT2D eigenvalue weighted by atomic mass is 10.1. The summed E-state index contributed by atoms with van der Waals surface area (Å²) in [5.74, 6) is 0.545. The van der Waals surface area contributed by atoms with Crippen LogP contribution < -0.4 is 4.90 Å². The van der Waals surface area contributed by atoms with E-state index in [4.69, 9.17) is 4.74 Å². The van der Waals surface area contributed by atoms with E-state index in [2.05, 4.69) is 14.9 Å². The van der Waals surface area contributed by atoms with Crippen LogP contribution in [0.3, 0.4) is 0 Å². The van der Waals surface area contributed by atoms with Crippen molar-refractivity contribution in [2.75, 3.05) is 25.1 Å². The van der Waals surface area contributed by atoms with Gasteiger partial charge < -0.3 is 9.64 Å². The Morgan fingerprint density at radius 2 is 1.74 bits per heavy atom. The van der Waals surface area contributed by atoms with Gasteiger partial charge in [-0.25, -0.2) is 9.97 Å². The van der Waals surface area contributed by atoms with Crippen molar-refractivity contribution in [1.29, 1.82) is 0 Å². The lowest BCUT2D eigenvalue weighted by Gasteiger charge is -2.27. The molecular weight excluding hydrogens is 242 g/mol. The van der Waals surface area contributed by atoms with Gasteiger partial charge in [-0.05, 0) is 33.1 Å². The van der Waals surface area contributed by atoms with E-state index in [9.17, 15) is 4.79 Å². The molecule has 1 aliphatic rings. The number of nitrogens with zero attached hydrogens (tertiary/aromatic N) is 3. The van der Waals surface area contributed by atoms with Crippen LogP contribution in [0.15, 0.2) is 0 Å². The second-order valence-electron chi connectivity index (χ2n) is 4.97. The molecule has 0 radical (unpaired) electrons. The molecule has 0 spiro atoms. The molecule has 0 N–H and O–H groups in total. The molecule has 104 valence electrons. The van der Waals surface area contributed by atoms with Gasteiger partial charge in [-0.3, -0.25) is 4.79 Å². The Balaban J connectivity index is 2.22. The van der Waals surface area contributed by atoms with Crippen LogP contribution in [0.25, 0.3) is 0 Å². The van der Waals surface area contributed by atoms with E-state index >= 15 is 0 Å². The molecule has 0 unspecified atom stereocenters. The first-order chi connectivity index (χ1) is 9.11. The fraction of sp³-hybridized carbons (Fsp3) is 0.643. The molecule has 5 heteroatoms. The highest BCUT2D eigenvalue weighted by atomic mass is 16.5. The zero-order valence-electron chi connectivity index (χ0n) is 11.9. The fourth-order valence-electron chi connectivity index (χ4n) is 2.43. The lowest BCUT2D eigenvalue weighted by Crippen LogP contribution is -2.31. The molecule has 0 atom stereocenters. The number of hydrogen-bond donors (Lipinski definition) is 0. The van der Waals surface area contributed by atoms with Gasteiger partial charge in [0.25, 0.3) is 0 Å². The van der Waals surface area contributed by atoms with E-state index in [1.54, 1.807) is 0 Å². The molecule has 0 amide bonds. The van der Waals surface area contributed by atoms with Crippen molar-refractivity contribution in [3.05, 3.63) is 17.0 Å². The van der Waals surface area contributed by atoms with Crippen LogP contribution >= 0.6 is 0 Å². The molecule has 0 bridgehead atoms. The summed E-state index contributed by atoms with van der Waals surface area (Å²) in [6, 6.07) is 0. The van der Waals surface area contributed by atoms with Crippen LogP contribution in [0, 0.1) is 13.8 Å². The Bertz CT molecular complexity index is 445. The highest BCUT2D eigenvalue weighted by molar-refractivity contribution is 5.73. The average molecular weight is 263 g/mol. The summed E-state index contributed by atoms with van der Waals surface area (Å²) in [7, 11) is 1.40. The minimum Gasteiger partial charge on any atom is -0.469 e. The predicted octanol–water partition coefficient (Wildman–Crippen LogP) is 1.80. The molecule has 1 aromatic rings. The van der Waals surface area contributed by atoms with Crippen molar-refractivity contribution in [2.45, 2.75) is 39.5 Å². The number of methoxy groups -OCH3 is 1. The monoisotopic (exact) mass is 263 g/mol. The fourth-order valence-corrected chi connectivity index (χ4v) is 2.43. The zero-order chi connectivity index (χ0) is 13.8. The number of ether oxygens (including phenoxy) is 1. The number of carbonyl (C=O) groups excluding carboxylic acids is 1. The van der Waals surface area contributed by atoms with Gasteiger partial charge in [-0.2, -0.15) is 0 Å². The van der Waals surface area contributed by atoms with Crippen molar-refractivity contribution in [2.24, 2.45) is 0 Å². The van der Waals surface area contributed by atoms with Crippen molar-refractivity contribution in [3.63, 3.8) is 0 Å². The summed E-state index contributed by atoms with van der Waals surface area (Å²) in [4.78, 5) is 22.7. The molecule has 0 aromatic carbocycles. The Morgan fingerprint density at radius 1 is 1.16 bits per heavy atom. The number of aromatic nitrogens is 2. The normalized spacial score (nSPS) is 15.4. The molecule has 2 heterocycles. The molecular formula is C14H21N3O2. The lowest BCUT2D eigenvalue weighted by molar-refractivity contribution is -0.139. The van der Waals surface area contributed by atoms with Crippen LogP contribution in [0.1, 0.15) is 36.2 Å². The van der Waals surface area contributed by atoms with Crippen LogP contribution in [0.5, 0.6) is 0 Å². The number of aryl methyl sites for hydroxylation is 2. The molecule has 19 heavy (non-hydrogen) atoms. The third kappa shape index (κ3) is 3.22. The maximum Gasteiger partial charge on any atom is 0.310 e. The Hall–Kier alpha value is -1.65. The third-order valence-corrected chi connectivity index (χ3v) is 3.60. The molecule has 5 nitrogen and oxygen atoms in total. The van der Waals surface area contributed by atoms with Gasteiger partial charge in [0.1, 0.15) is 0 Å². The van der Waals surface area contributed by atoms with Gasteiger partial charge in [0.05, 0.1) is 13.5 Å². The van der Waals surface area contributed by atoms with Gasteiger partial charge >= 0.3 is 5.97 Å². The second kappa shape index (κ2) is 5.99. The van der Waals surface area contributed by atoms with Crippen LogP contribution in [0.2, 0.25) is 0 Å². The van der Waals surface area contributed by atoms with Gasteiger partial charge in [-0.1, -0.05) is 0 Å². The smallest absolute Gasteiger partial charge is 0.310 e. The summed E-state index contributed by atoms with van der Waals surface area (Å²) in [5, 5.41) is 0. The quantitative estimate of drug-likeness (QED) is 0.778. The topological polar surface area (TPSA) is 55.3 Å². The molecule has 1 aromatic heterocycles. The molecule has 1 fully saturated rings. The Morgan fingerprint density at radius 3 is 2.26 bits per heavy atom. The molecule has 0 saturated carbocycles. The summed E-state index contributed by atoms with van der Waals surface area (Å²) in [6.45, 7) is 5.91. The third-order valence-electron chi connectivity index (χ3n) is 3.60. The summed E-state index contributed by atoms with van der Waals surface area (Å²) < 4.78 is 4.71. The van der Waals surface area contributed by atoms with Gasteiger partial charge in [0.15, 0.2) is 0 Å². The standard InChI is InChI=1S/C14H21N3O2/c1-10-12(9-13(18)19-3)11(2)16-14(15-10)17-7-5-4-6-8-17/h4-9H2,1-3H3. The maximum atomic E-state index is 11.4. The van der Waals surface area contributed by atoms with Gasteiger partial charge in [0.2, 0.25) is 5.95 Å². The van der Waals surface area contributed by atoms with Crippen LogP contribution in [-0.2, 0) is 16.0 Å². The highest BCUT2D eigenvalue weighted by Crippen LogP contribution is 2.19. The van der Waals surface area contributed by atoms with E-state index < -0.39 is 0 Å². The van der Waals surface area contributed by atoms with E-state index in [0.717, 1.165) is 36.0 Å².